The van der Waals surface area contributed by atoms with Crippen LogP contribution >= 0.6 is 0 Å². The van der Waals surface area contributed by atoms with Crippen molar-refractivity contribution in [2.45, 2.75) is 11.1 Å². The Kier molecular flexibility index (Phi) is 4.17. The van der Waals surface area contributed by atoms with Gasteiger partial charge in [0.15, 0.2) is 0 Å². The molecule has 0 amide bonds. The van der Waals surface area contributed by atoms with Gasteiger partial charge in [0.25, 0.3) is 0 Å². The topological polar surface area (TPSA) is 72.2 Å². The minimum atomic E-state index is -4.56. The first kappa shape index (κ1) is 16.3. The van der Waals surface area contributed by atoms with E-state index in [2.05, 4.69) is 5.32 Å². The van der Waals surface area contributed by atoms with Gasteiger partial charge < -0.3 is 5.32 Å². The molecule has 4 nitrogen and oxygen atoms in total. The Balaban J connectivity index is 2.81. The number of primary sulfonamides is 1. The molecular weight excluding hydrogens is 317 g/mol. The Morgan fingerprint density at radius 2 is 1.59 bits per heavy atom. The van der Waals surface area contributed by atoms with Gasteiger partial charge in [0.05, 0.1) is 11.3 Å². The molecule has 0 spiro atoms. The van der Waals surface area contributed by atoms with E-state index in [1.165, 1.54) is 43.4 Å². The molecule has 0 saturated heterocycles. The molecule has 0 aromatic heterocycles. The van der Waals surface area contributed by atoms with Crippen LogP contribution in [0.15, 0.2) is 47.4 Å². The quantitative estimate of drug-likeness (QED) is 0.908. The van der Waals surface area contributed by atoms with Crippen LogP contribution in [-0.4, -0.2) is 15.5 Å². The molecule has 2 rings (SSSR count). The Morgan fingerprint density at radius 3 is 2.14 bits per heavy atom. The van der Waals surface area contributed by atoms with Crippen LogP contribution in [0, 0.1) is 0 Å². The van der Waals surface area contributed by atoms with E-state index in [-0.39, 0.29) is 21.7 Å². The van der Waals surface area contributed by atoms with Crippen LogP contribution in [0.1, 0.15) is 5.56 Å². The van der Waals surface area contributed by atoms with Crippen molar-refractivity contribution in [3.63, 3.8) is 0 Å². The molecule has 0 aliphatic rings. The summed E-state index contributed by atoms with van der Waals surface area (Å²) in [6.07, 6.45) is -4.56. The number of para-hydroxylation sites is 1. The van der Waals surface area contributed by atoms with Gasteiger partial charge in [-0.15, -0.1) is 0 Å². The lowest BCUT2D eigenvalue weighted by Crippen LogP contribution is -2.15. The van der Waals surface area contributed by atoms with Gasteiger partial charge in [-0.1, -0.05) is 30.3 Å². The van der Waals surface area contributed by atoms with E-state index in [0.717, 1.165) is 6.07 Å². The third-order valence-electron chi connectivity index (χ3n) is 3.11. The number of hydrogen-bond donors (Lipinski definition) is 2. The van der Waals surface area contributed by atoms with E-state index in [9.17, 15) is 21.6 Å². The van der Waals surface area contributed by atoms with Crippen LogP contribution in [0.5, 0.6) is 0 Å². The number of nitrogens with two attached hydrogens (primary N) is 1. The first-order chi connectivity index (χ1) is 10.2. The molecule has 0 atom stereocenters. The molecule has 2 aromatic carbocycles. The highest BCUT2D eigenvalue weighted by molar-refractivity contribution is 7.89. The number of benzene rings is 2. The smallest absolute Gasteiger partial charge is 0.387 e. The predicted molar refractivity (Wildman–Crippen MR) is 77.8 cm³/mol. The molecular formula is C14H13F3N2O2S. The fourth-order valence-electron chi connectivity index (χ4n) is 2.22. The van der Waals surface area contributed by atoms with Crippen LogP contribution in [-0.2, 0) is 16.2 Å². The number of halogens is 3. The normalized spacial score (nSPS) is 12.2. The minimum Gasteiger partial charge on any atom is -0.387 e. The maximum atomic E-state index is 13.1. The highest BCUT2D eigenvalue weighted by Crippen LogP contribution is 2.40. The van der Waals surface area contributed by atoms with Crippen molar-refractivity contribution in [3.8, 4) is 11.1 Å². The van der Waals surface area contributed by atoms with Crippen molar-refractivity contribution in [2.75, 3.05) is 12.4 Å². The lowest BCUT2D eigenvalue weighted by molar-refractivity contribution is -0.137. The van der Waals surface area contributed by atoms with Gasteiger partial charge in [0.1, 0.15) is 4.90 Å². The summed E-state index contributed by atoms with van der Waals surface area (Å²) in [5.74, 6) is 0. The van der Waals surface area contributed by atoms with Gasteiger partial charge in [-0.3, -0.25) is 0 Å². The summed E-state index contributed by atoms with van der Waals surface area (Å²) in [6.45, 7) is 0. The Labute approximate surface area is 125 Å². The molecule has 0 saturated carbocycles. The van der Waals surface area contributed by atoms with Crippen molar-refractivity contribution in [3.05, 3.63) is 48.0 Å². The van der Waals surface area contributed by atoms with Gasteiger partial charge >= 0.3 is 6.18 Å². The van der Waals surface area contributed by atoms with Gasteiger partial charge in [-0.25, -0.2) is 13.6 Å². The summed E-state index contributed by atoms with van der Waals surface area (Å²) in [6, 6.07) is 8.95. The summed E-state index contributed by atoms with van der Waals surface area (Å²) in [7, 11) is -2.65. The van der Waals surface area contributed by atoms with Gasteiger partial charge in [-0.2, -0.15) is 13.2 Å². The van der Waals surface area contributed by atoms with Crippen LogP contribution in [0.2, 0.25) is 0 Å². The molecule has 8 heteroatoms. The number of anilines is 1. The van der Waals surface area contributed by atoms with Gasteiger partial charge in [0.2, 0.25) is 10.0 Å². The second-order valence-corrected chi connectivity index (χ2v) is 6.05. The molecule has 0 heterocycles. The molecule has 0 fully saturated rings. The molecule has 118 valence electrons. The van der Waals surface area contributed by atoms with E-state index in [4.69, 9.17) is 5.14 Å². The summed E-state index contributed by atoms with van der Waals surface area (Å²) < 4.78 is 62.6. The maximum absolute atomic E-state index is 13.1. The number of alkyl halides is 3. The molecule has 0 unspecified atom stereocenters. The van der Waals surface area contributed by atoms with Crippen molar-refractivity contribution in [2.24, 2.45) is 5.14 Å². The summed E-state index contributed by atoms with van der Waals surface area (Å²) in [4.78, 5) is -0.260. The van der Waals surface area contributed by atoms with Gasteiger partial charge in [-0.05, 0) is 17.7 Å². The van der Waals surface area contributed by atoms with E-state index in [1.807, 2.05) is 0 Å². The molecule has 0 bridgehead atoms. The average Bonchev–Trinajstić information content (AvgIpc) is 2.44. The van der Waals surface area contributed by atoms with E-state index < -0.39 is 21.8 Å². The number of hydrogen-bond acceptors (Lipinski definition) is 3. The van der Waals surface area contributed by atoms with E-state index in [0.29, 0.717) is 0 Å². The van der Waals surface area contributed by atoms with E-state index >= 15 is 0 Å². The third-order valence-corrected chi connectivity index (χ3v) is 4.06. The monoisotopic (exact) mass is 330 g/mol. The second kappa shape index (κ2) is 5.62. The Bertz CT molecular complexity index is 802. The fraction of sp³-hybridized carbons (Fsp3) is 0.143. The second-order valence-electron chi connectivity index (χ2n) is 4.52. The summed E-state index contributed by atoms with van der Waals surface area (Å²) in [5, 5.41) is 7.74. The summed E-state index contributed by atoms with van der Waals surface area (Å²) in [5.41, 5.74) is -0.827. The molecule has 0 radical (unpaired) electrons. The van der Waals surface area contributed by atoms with Crippen LogP contribution in [0.3, 0.4) is 0 Å². The molecule has 0 aliphatic heterocycles. The van der Waals surface area contributed by atoms with Crippen LogP contribution in [0.4, 0.5) is 18.9 Å². The molecule has 2 aromatic rings. The largest absolute Gasteiger partial charge is 0.417 e. The minimum absolute atomic E-state index is 0.0294. The van der Waals surface area contributed by atoms with Crippen molar-refractivity contribution < 1.29 is 21.6 Å². The number of rotatable bonds is 3. The van der Waals surface area contributed by atoms with Crippen molar-refractivity contribution >= 4 is 15.7 Å². The van der Waals surface area contributed by atoms with Crippen molar-refractivity contribution in [1.29, 1.82) is 0 Å². The fourth-order valence-corrected chi connectivity index (χ4v) is 2.98. The first-order valence-corrected chi connectivity index (χ1v) is 7.71. The maximum Gasteiger partial charge on any atom is 0.417 e. The van der Waals surface area contributed by atoms with Crippen LogP contribution < -0.4 is 10.5 Å². The lowest BCUT2D eigenvalue weighted by Gasteiger charge is -2.17. The number of sulfonamides is 1. The zero-order valence-corrected chi connectivity index (χ0v) is 12.3. The lowest BCUT2D eigenvalue weighted by atomic mass is 9.98. The molecule has 3 N–H and O–H groups in total. The average molecular weight is 330 g/mol. The van der Waals surface area contributed by atoms with Crippen molar-refractivity contribution in [1.82, 2.24) is 0 Å². The zero-order chi connectivity index (χ0) is 16.5. The highest BCUT2D eigenvalue weighted by atomic mass is 32.2. The summed E-state index contributed by atoms with van der Waals surface area (Å²) >= 11 is 0. The Hall–Kier alpha value is -2.06. The van der Waals surface area contributed by atoms with Crippen LogP contribution in [0.25, 0.3) is 11.1 Å². The third kappa shape index (κ3) is 3.07. The molecule has 22 heavy (non-hydrogen) atoms. The van der Waals surface area contributed by atoms with E-state index in [1.54, 1.807) is 0 Å². The standard InChI is InChI=1S/C14H13F3N2O2S/c1-19-13-10(6-4-8-12(13)22(18,20)21)9-5-2-3-7-11(9)14(15,16)17/h2-8,19H,1H3,(H2,18,20,21). The predicted octanol–water partition coefficient (Wildman–Crippen LogP) is 3.06. The zero-order valence-electron chi connectivity index (χ0n) is 11.5. The SMILES string of the molecule is CNc1c(-c2ccccc2C(F)(F)F)cccc1S(N)(=O)=O. The number of nitrogens with one attached hydrogen (secondary N) is 1. The Morgan fingerprint density at radius 1 is 1.00 bits per heavy atom. The highest BCUT2D eigenvalue weighted by Gasteiger charge is 2.34. The molecule has 0 aliphatic carbocycles. The van der Waals surface area contributed by atoms with Gasteiger partial charge in [0, 0.05) is 12.6 Å². The first-order valence-electron chi connectivity index (χ1n) is 6.16.